The number of nitrogens with one attached hydrogen (secondary N) is 1. The van der Waals surface area contributed by atoms with Gasteiger partial charge in [-0.05, 0) is 55.0 Å². The lowest BCUT2D eigenvalue weighted by Crippen LogP contribution is -2.53. The molecule has 2 N–H and O–H groups in total. The number of rotatable bonds is 5. The van der Waals surface area contributed by atoms with Crippen LogP contribution >= 0.6 is 0 Å². The second-order valence-electron chi connectivity index (χ2n) is 8.96. The van der Waals surface area contributed by atoms with Gasteiger partial charge in [0.15, 0.2) is 17.5 Å². The summed E-state index contributed by atoms with van der Waals surface area (Å²) < 4.78 is 47.5. The van der Waals surface area contributed by atoms with E-state index in [-0.39, 0.29) is 42.7 Å². The quantitative estimate of drug-likeness (QED) is 0.627. The van der Waals surface area contributed by atoms with Crippen LogP contribution in [0.2, 0.25) is 0 Å². The summed E-state index contributed by atoms with van der Waals surface area (Å²) in [5.74, 6) is -2.89. The summed E-state index contributed by atoms with van der Waals surface area (Å²) >= 11 is 0. The maximum absolute atomic E-state index is 14.0. The predicted octanol–water partition coefficient (Wildman–Crippen LogP) is 3.81. The van der Waals surface area contributed by atoms with Crippen molar-refractivity contribution in [2.75, 3.05) is 25.5 Å². The predicted molar refractivity (Wildman–Crippen MR) is 123 cm³/mol. The molecule has 0 bridgehead atoms. The number of urea groups is 1. The number of halogens is 3. The van der Waals surface area contributed by atoms with Crippen LogP contribution in [-0.4, -0.2) is 59.2 Å². The molecule has 11 heteroatoms. The number of nitrogens with zero attached hydrogens (tertiary/aromatic N) is 4. The SMILES string of the molecule is Cc1ccc(O[C@H]2C[C@H](CO)C2)cc1NC1=NC(=O)N(C)C2=NCC(c3cc(F)c(F)c(F)c3)N12. The molecule has 3 aliphatic rings. The Morgan fingerprint density at radius 3 is 2.57 bits per heavy atom. The molecule has 8 nitrogen and oxygen atoms in total. The first kappa shape index (κ1) is 23.2. The molecule has 0 saturated heterocycles. The Kier molecular flexibility index (Phi) is 5.87. The molecule has 1 aliphatic carbocycles. The third-order valence-corrected chi connectivity index (χ3v) is 6.55. The topological polar surface area (TPSA) is 89.8 Å². The molecule has 2 aromatic carbocycles. The number of anilines is 1. The van der Waals surface area contributed by atoms with Crippen molar-refractivity contribution in [1.29, 1.82) is 0 Å². The van der Waals surface area contributed by atoms with Gasteiger partial charge < -0.3 is 15.2 Å². The molecule has 0 radical (unpaired) electrons. The van der Waals surface area contributed by atoms with E-state index in [1.807, 2.05) is 19.1 Å². The number of hydrogen-bond acceptors (Lipinski definition) is 6. The summed E-state index contributed by atoms with van der Waals surface area (Å²) in [7, 11) is 1.50. The first-order chi connectivity index (χ1) is 16.7. The summed E-state index contributed by atoms with van der Waals surface area (Å²) in [5, 5.41) is 12.4. The lowest BCUT2D eigenvalue weighted by atomic mass is 9.83. The number of benzene rings is 2. The molecule has 5 rings (SSSR count). The van der Waals surface area contributed by atoms with E-state index in [0.29, 0.717) is 11.4 Å². The van der Waals surface area contributed by atoms with Gasteiger partial charge in [0.1, 0.15) is 5.75 Å². The fourth-order valence-corrected chi connectivity index (χ4v) is 4.43. The Bertz CT molecular complexity index is 1220. The molecule has 1 saturated carbocycles. The number of aryl methyl sites for hydroxylation is 1. The second-order valence-corrected chi connectivity index (χ2v) is 8.96. The van der Waals surface area contributed by atoms with E-state index in [1.54, 1.807) is 11.0 Å². The Labute approximate surface area is 199 Å². The van der Waals surface area contributed by atoms with Gasteiger partial charge in [-0.2, -0.15) is 4.99 Å². The van der Waals surface area contributed by atoms with Crippen LogP contribution in [0.4, 0.5) is 23.7 Å². The Morgan fingerprint density at radius 2 is 1.89 bits per heavy atom. The van der Waals surface area contributed by atoms with Gasteiger partial charge in [-0.3, -0.25) is 9.80 Å². The number of carbonyl (C=O) groups is 1. The highest BCUT2D eigenvalue weighted by molar-refractivity contribution is 6.17. The van der Waals surface area contributed by atoms with Crippen molar-refractivity contribution in [3.63, 3.8) is 0 Å². The lowest BCUT2D eigenvalue weighted by molar-refractivity contribution is 0.0325. The maximum atomic E-state index is 14.0. The first-order valence-corrected chi connectivity index (χ1v) is 11.2. The minimum Gasteiger partial charge on any atom is -0.490 e. The summed E-state index contributed by atoms with van der Waals surface area (Å²) in [4.78, 5) is 23.8. The normalized spacial score (nSPS) is 23.5. The van der Waals surface area contributed by atoms with E-state index >= 15 is 0 Å². The fraction of sp³-hybridized carbons (Fsp3) is 0.375. The van der Waals surface area contributed by atoms with E-state index in [1.165, 1.54) is 11.9 Å². The molecule has 1 unspecified atom stereocenters. The number of fused-ring (bicyclic) bond motifs is 1. The number of aliphatic imine (C=N–C) groups is 2. The van der Waals surface area contributed by atoms with Gasteiger partial charge in [-0.25, -0.2) is 23.0 Å². The van der Waals surface area contributed by atoms with Crippen molar-refractivity contribution in [1.82, 2.24) is 9.80 Å². The molecule has 1 atom stereocenters. The van der Waals surface area contributed by atoms with Crippen LogP contribution in [0.25, 0.3) is 0 Å². The van der Waals surface area contributed by atoms with Crippen molar-refractivity contribution >= 4 is 23.6 Å². The van der Waals surface area contributed by atoms with Crippen molar-refractivity contribution in [2.45, 2.75) is 31.9 Å². The summed E-state index contributed by atoms with van der Waals surface area (Å²) in [6.07, 6.45) is 1.58. The summed E-state index contributed by atoms with van der Waals surface area (Å²) in [5.41, 5.74) is 1.63. The van der Waals surface area contributed by atoms with Crippen LogP contribution in [-0.2, 0) is 0 Å². The fourth-order valence-electron chi connectivity index (χ4n) is 4.43. The standard InChI is InChI=1S/C24H24F3N5O3/c1-12-3-4-15(35-16-5-13(6-16)11-33)9-19(12)29-22-30-24(34)31(2)23-28-10-20(32(22)23)14-7-17(25)21(27)18(26)8-14/h3-4,7-9,13,16,20,33H,5-6,10-11H2,1-2H3,(H,29,30,34)/t13-,16-,20?. The van der Waals surface area contributed by atoms with Crippen LogP contribution in [0.15, 0.2) is 40.3 Å². The van der Waals surface area contributed by atoms with Crippen molar-refractivity contribution in [3.8, 4) is 5.75 Å². The first-order valence-electron chi connectivity index (χ1n) is 11.2. The smallest absolute Gasteiger partial charge is 0.353 e. The highest BCUT2D eigenvalue weighted by Gasteiger charge is 2.41. The van der Waals surface area contributed by atoms with Gasteiger partial charge in [-0.15, -0.1) is 0 Å². The van der Waals surface area contributed by atoms with Crippen molar-refractivity contribution in [2.24, 2.45) is 15.9 Å². The minimum atomic E-state index is -1.55. The number of ether oxygens (including phenoxy) is 1. The number of aliphatic hydroxyl groups excluding tert-OH is 1. The van der Waals surface area contributed by atoms with E-state index in [9.17, 15) is 23.1 Å². The molecule has 0 aromatic heterocycles. The van der Waals surface area contributed by atoms with Gasteiger partial charge in [-0.1, -0.05) is 6.07 Å². The third-order valence-electron chi connectivity index (χ3n) is 6.55. The number of guanidine groups is 2. The van der Waals surface area contributed by atoms with E-state index in [2.05, 4.69) is 15.3 Å². The molecule has 0 spiro atoms. The summed E-state index contributed by atoms with van der Waals surface area (Å²) in [6.45, 7) is 2.11. The highest BCUT2D eigenvalue weighted by atomic mass is 19.2. The van der Waals surface area contributed by atoms with Crippen LogP contribution in [0.3, 0.4) is 0 Å². The van der Waals surface area contributed by atoms with Crippen LogP contribution < -0.4 is 10.1 Å². The Hall–Kier alpha value is -3.60. The van der Waals surface area contributed by atoms with Gasteiger partial charge in [0.2, 0.25) is 11.9 Å². The number of amides is 2. The average Bonchev–Trinajstić information content (AvgIpc) is 3.25. The van der Waals surface area contributed by atoms with E-state index in [0.717, 1.165) is 30.5 Å². The van der Waals surface area contributed by atoms with Crippen LogP contribution in [0, 0.1) is 30.3 Å². The molecular formula is C24H24F3N5O3. The molecule has 2 amide bonds. The van der Waals surface area contributed by atoms with Gasteiger partial charge in [0, 0.05) is 25.4 Å². The number of carbonyl (C=O) groups excluding carboxylic acids is 1. The van der Waals surface area contributed by atoms with Crippen LogP contribution in [0.1, 0.15) is 30.0 Å². The van der Waals surface area contributed by atoms with Gasteiger partial charge in [0.05, 0.1) is 18.7 Å². The average molecular weight is 487 g/mol. The molecule has 2 heterocycles. The summed E-state index contributed by atoms with van der Waals surface area (Å²) in [6, 6.07) is 6.06. The largest absolute Gasteiger partial charge is 0.490 e. The molecule has 2 aliphatic heterocycles. The van der Waals surface area contributed by atoms with Crippen molar-refractivity contribution < 1.29 is 27.8 Å². The lowest BCUT2D eigenvalue weighted by Gasteiger charge is -2.35. The molecular weight excluding hydrogens is 463 g/mol. The second kappa shape index (κ2) is 8.88. The molecule has 184 valence electrons. The van der Waals surface area contributed by atoms with Gasteiger partial charge in [0.25, 0.3) is 0 Å². The van der Waals surface area contributed by atoms with Crippen LogP contribution in [0.5, 0.6) is 5.75 Å². The van der Waals surface area contributed by atoms with E-state index < -0.39 is 29.5 Å². The molecule has 1 fully saturated rings. The minimum absolute atomic E-state index is 0.0231. The van der Waals surface area contributed by atoms with Gasteiger partial charge >= 0.3 is 6.03 Å². The molecule has 35 heavy (non-hydrogen) atoms. The zero-order valence-electron chi connectivity index (χ0n) is 19.1. The third kappa shape index (κ3) is 4.20. The Morgan fingerprint density at radius 1 is 1.17 bits per heavy atom. The zero-order chi connectivity index (χ0) is 24.9. The zero-order valence-corrected chi connectivity index (χ0v) is 19.1. The number of hydrogen-bond donors (Lipinski definition) is 2. The highest BCUT2D eigenvalue weighted by Crippen LogP contribution is 2.35. The van der Waals surface area contributed by atoms with Crippen molar-refractivity contribution in [3.05, 3.63) is 58.9 Å². The number of aliphatic hydroxyl groups is 1. The van der Waals surface area contributed by atoms with E-state index in [4.69, 9.17) is 4.74 Å². The monoisotopic (exact) mass is 487 g/mol. The maximum Gasteiger partial charge on any atom is 0.353 e. The molecule has 2 aromatic rings. The Balaban J connectivity index is 1.44.